The lowest BCUT2D eigenvalue weighted by atomic mass is 9.93. The first kappa shape index (κ1) is 101. The molecule has 2 aliphatic rings. The molecular formula is C104H138O18Si4. The maximum atomic E-state index is 13.6. The zero-order valence-electron chi connectivity index (χ0n) is 78.4. The third-order valence-electron chi connectivity index (χ3n) is 22.7. The summed E-state index contributed by atoms with van der Waals surface area (Å²) in [4.78, 5) is 27.3. The molecule has 3 unspecified atom stereocenters. The van der Waals surface area contributed by atoms with Crippen LogP contribution >= 0.6 is 0 Å². The Hall–Kier alpha value is -8.85. The van der Waals surface area contributed by atoms with Gasteiger partial charge in [-0.05, 0) is 145 Å². The number of carbonyl (C=O) groups excluding carboxylic acids is 2. The average Bonchev–Trinajstić information content (AvgIpc) is 0.998. The summed E-state index contributed by atoms with van der Waals surface area (Å²) >= 11 is 0. The zero-order chi connectivity index (χ0) is 91.7. The van der Waals surface area contributed by atoms with Crippen LogP contribution in [0.2, 0.25) is 61.4 Å². The largest absolute Gasteiger partial charge is 0.497 e. The van der Waals surface area contributed by atoms with Gasteiger partial charge in [0.05, 0.1) is 45.7 Å². The fourth-order valence-corrected chi connectivity index (χ4v) is 27.1. The molecule has 2 aliphatic heterocycles. The Balaban J connectivity index is 0.000000285. The average molecular weight is 1790 g/mol. The van der Waals surface area contributed by atoms with Crippen molar-refractivity contribution < 1.29 is 85.5 Å². The van der Waals surface area contributed by atoms with E-state index in [-0.39, 0.29) is 64.6 Å². The zero-order valence-corrected chi connectivity index (χ0v) is 82.4. The Morgan fingerprint density at radius 2 is 0.825 bits per heavy atom. The topological polar surface area (TPSA) is 204 Å². The van der Waals surface area contributed by atoms with Crippen molar-refractivity contribution in [3.8, 4) is 34.8 Å². The Kier molecular flexibility index (Phi) is 36.8. The van der Waals surface area contributed by atoms with E-state index in [1.807, 2.05) is 94.5 Å². The van der Waals surface area contributed by atoms with E-state index in [0.29, 0.717) is 67.3 Å². The molecule has 8 aromatic rings. The van der Waals surface area contributed by atoms with Crippen molar-refractivity contribution in [2.75, 3.05) is 55.2 Å². The van der Waals surface area contributed by atoms with E-state index >= 15 is 0 Å². The molecule has 2 saturated heterocycles. The number of rotatable bonds is 40. The van der Waals surface area contributed by atoms with Gasteiger partial charge in [-0.2, -0.15) is 0 Å². The molecule has 0 aliphatic carbocycles. The summed E-state index contributed by atoms with van der Waals surface area (Å²) in [5, 5.41) is 28.2. The van der Waals surface area contributed by atoms with Crippen molar-refractivity contribution in [3.63, 3.8) is 0 Å². The van der Waals surface area contributed by atoms with Gasteiger partial charge in [0.2, 0.25) is 0 Å². The number of hydrogen-bond donors (Lipinski definition) is 2. The third kappa shape index (κ3) is 28.1. The van der Waals surface area contributed by atoms with Crippen LogP contribution in [-0.4, -0.2) is 171 Å². The van der Waals surface area contributed by atoms with Crippen LogP contribution in [0, 0.1) is 23.7 Å². The molecule has 0 spiro atoms. The van der Waals surface area contributed by atoms with Gasteiger partial charge in [0.25, 0.3) is 16.6 Å². The van der Waals surface area contributed by atoms with Gasteiger partial charge < -0.3 is 75.9 Å². The number of carbonyl (C=O) groups is 2. The van der Waals surface area contributed by atoms with E-state index in [0.717, 1.165) is 17.7 Å². The second-order valence-corrected chi connectivity index (χ2v) is 57.7. The summed E-state index contributed by atoms with van der Waals surface area (Å²) in [7, 11) is -2.56. The van der Waals surface area contributed by atoms with Gasteiger partial charge in [0, 0.05) is 60.4 Å². The molecule has 126 heavy (non-hydrogen) atoms. The number of aliphatic hydroxyl groups is 2. The van der Waals surface area contributed by atoms with Crippen LogP contribution in [0.15, 0.2) is 231 Å². The maximum Gasteiger partial charge on any atom is 0.342 e. The minimum absolute atomic E-state index is 0.0580. The van der Waals surface area contributed by atoms with E-state index in [1.165, 1.54) is 40.5 Å². The molecule has 0 saturated carbocycles. The Morgan fingerprint density at radius 1 is 0.468 bits per heavy atom. The number of aliphatic hydroxyl groups excluding tert-OH is 2. The second-order valence-electron chi connectivity index (χ2n) is 38.0. The lowest BCUT2D eigenvalue weighted by Crippen LogP contribution is -2.68. The molecule has 0 radical (unpaired) electrons. The van der Waals surface area contributed by atoms with Gasteiger partial charge in [0.15, 0.2) is 25.2 Å². The first-order valence-corrected chi connectivity index (χ1v) is 55.2. The highest BCUT2D eigenvalue weighted by Gasteiger charge is 2.54. The van der Waals surface area contributed by atoms with Crippen molar-refractivity contribution in [1.82, 2.24) is 0 Å². The Morgan fingerprint density at radius 3 is 1.19 bits per heavy atom. The summed E-state index contributed by atoms with van der Waals surface area (Å²) in [6.45, 7) is 39.2. The first-order chi connectivity index (χ1) is 59.7. The summed E-state index contributed by atoms with van der Waals surface area (Å²) in [6.07, 6.45) is 8.28. The van der Waals surface area contributed by atoms with E-state index in [4.69, 9.17) is 65.7 Å². The molecule has 678 valence electrons. The van der Waals surface area contributed by atoms with E-state index in [9.17, 15) is 19.8 Å². The normalized spacial score (nSPS) is 18.2. The second kappa shape index (κ2) is 45.9. The molecular weight excluding hydrogens is 1650 g/mol. The quantitative estimate of drug-likeness (QED) is 0.0120. The minimum atomic E-state index is -2.92. The molecule has 22 heteroatoms. The standard InChI is InChI=1S/C52H70O9Si2.C52H68O9Si2/c2*1-38(61-63(51(2,3)4,43-25-17-13-18-26-43)44-27-19-14-20-28-44)40(34-39-22-15-12-16-23-39)30-31-45(53)49-46(59-52(5,6)60-49)29-21-24-41-35-42(56-8)36-47(58-37-55-7)48(41)50(54)57-32-33-62(9,10)11/h12-28,30-31,35-36,38,40,45-46,49,53H,29,32-34,37H2,1-11H3;12-28,35-36,38,40,45-46,49,53H,29,32-34,37H2,1-11H3/b24-21+,31-30-;24-21+/t38-,40?,45?,46-,49+;38-,40+,45?,46-,49+/m00/s1. The molecule has 0 aromatic heterocycles. The van der Waals surface area contributed by atoms with Gasteiger partial charge in [-0.1, -0.05) is 311 Å². The van der Waals surface area contributed by atoms with Crippen molar-refractivity contribution in [3.05, 3.63) is 264 Å². The highest BCUT2D eigenvalue weighted by atomic mass is 28.4. The highest BCUT2D eigenvalue weighted by Crippen LogP contribution is 2.43. The number of ether oxygens (including phenoxy) is 12. The molecule has 2 heterocycles. The van der Waals surface area contributed by atoms with Gasteiger partial charge in [-0.25, -0.2) is 9.59 Å². The fourth-order valence-electron chi connectivity index (χ4n) is 16.2. The van der Waals surface area contributed by atoms with Crippen molar-refractivity contribution in [2.24, 2.45) is 11.8 Å². The molecule has 10 rings (SSSR count). The molecule has 10 atom stereocenters. The van der Waals surface area contributed by atoms with Crippen molar-refractivity contribution >= 4 is 77.6 Å². The molecule has 2 N–H and O–H groups in total. The Labute approximate surface area is 754 Å². The van der Waals surface area contributed by atoms with Gasteiger partial charge >= 0.3 is 11.9 Å². The molecule has 2 fully saturated rings. The first-order valence-electron chi connectivity index (χ1n) is 44.0. The van der Waals surface area contributed by atoms with Gasteiger partial charge in [0.1, 0.15) is 58.5 Å². The Bertz CT molecular complexity index is 4780. The monoisotopic (exact) mass is 1790 g/mol. The van der Waals surface area contributed by atoms with Crippen LogP contribution in [0.5, 0.6) is 23.0 Å². The molecule has 18 nitrogen and oxygen atoms in total. The van der Waals surface area contributed by atoms with Crippen LogP contribution in [-0.2, 0) is 59.6 Å². The number of esters is 2. The predicted molar refractivity (Wildman–Crippen MR) is 515 cm³/mol. The molecule has 0 bridgehead atoms. The van der Waals surface area contributed by atoms with Crippen LogP contribution in [0.3, 0.4) is 0 Å². The van der Waals surface area contributed by atoms with Crippen molar-refractivity contribution in [2.45, 2.75) is 231 Å². The van der Waals surface area contributed by atoms with Crippen LogP contribution < -0.4 is 39.7 Å². The number of methoxy groups -OCH3 is 4. The number of hydrogen-bond acceptors (Lipinski definition) is 18. The van der Waals surface area contributed by atoms with Crippen LogP contribution in [0.25, 0.3) is 12.2 Å². The van der Waals surface area contributed by atoms with Gasteiger partial charge in [-0.15, -0.1) is 0 Å². The minimum Gasteiger partial charge on any atom is -0.497 e. The summed E-state index contributed by atoms with van der Waals surface area (Å²) in [5.41, 5.74) is 3.96. The summed E-state index contributed by atoms with van der Waals surface area (Å²) < 4.78 is 85.5. The highest BCUT2D eigenvalue weighted by molar-refractivity contribution is 7.00. The van der Waals surface area contributed by atoms with Crippen molar-refractivity contribution in [1.29, 1.82) is 0 Å². The maximum absolute atomic E-state index is 13.6. The number of benzene rings is 8. The van der Waals surface area contributed by atoms with Gasteiger partial charge in [-0.3, -0.25) is 0 Å². The molecule has 0 amide bonds. The van der Waals surface area contributed by atoms with Crippen LogP contribution in [0.4, 0.5) is 0 Å². The fraction of sp³-hybridized carbons (Fsp3) is 0.442. The lowest BCUT2D eigenvalue weighted by Gasteiger charge is -2.45. The summed E-state index contributed by atoms with van der Waals surface area (Å²) in [5.74, 6) is 5.04. The molecule has 8 aromatic carbocycles. The predicted octanol–water partition coefficient (Wildman–Crippen LogP) is 19.1. The summed E-state index contributed by atoms with van der Waals surface area (Å²) in [6, 6.07) is 71.8. The van der Waals surface area contributed by atoms with E-state index < -0.39 is 92.9 Å². The lowest BCUT2D eigenvalue weighted by molar-refractivity contribution is -0.152. The van der Waals surface area contributed by atoms with Crippen LogP contribution in [0.1, 0.15) is 139 Å². The third-order valence-corrected chi connectivity index (χ3v) is 36.3. The SMILES string of the molecule is COCOc1cc(OC)cc(/C=C/C[C@@H]2OC(C)(C)O[C@@H]2C(O)/C=C\C(Cc2ccccc2)[C@H](C)O[Si](c2ccccc2)(c2ccccc2)C(C)(C)C)c1C(=O)OCC[Si](C)(C)C.COCOc1cc(OC)cc(/C=C/C[C@@H]2OC(C)(C)O[C@@H]2C(O)C#C[C@H](Cc2ccccc2)[C@H](C)O[Si](c2ccccc2)(c2ccccc2)C(C)(C)C)c1C(=O)OCC[Si](C)(C)C. The smallest absolute Gasteiger partial charge is 0.342 e. The van der Waals surface area contributed by atoms with E-state index in [1.54, 1.807) is 38.5 Å². The van der Waals surface area contributed by atoms with E-state index in [2.05, 4.69) is 258 Å².